The zero-order valence-electron chi connectivity index (χ0n) is 7.16. The molecule has 1 rings (SSSR count). The highest BCUT2D eigenvalue weighted by Gasteiger charge is 2.12. The van der Waals surface area contributed by atoms with Crippen molar-refractivity contribution in [3.63, 3.8) is 0 Å². The maximum absolute atomic E-state index is 11.5. The average molecular weight is 163 g/mol. The summed E-state index contributed by atoms with van der Waals surface area (Å²) in [6.07, 6.45) is 0.688. The van der Waals surface area contributed by atoms with Crippen molar-refractivity contribution in [3.8, 4) is 0 Å². The summed E-state index contributed by atoms with van der Waals surface area (Å²) >= 11 is 0. The second kappa shape index (κ2) is 4.02. The summed E-state index contributed by atoms with van der Waals surface area (Å²) in [5.41, 5.74) is 6.30. The zero-order chi connectivity index (χ0) is 8.97. The third kappa shape index (κ3) is 1.92. The predicted molar refractivity (Wildman–Crippen MR) is 49.0 cm³/mol. The minimum absolute atomic E-state index is 0.0260. The van der Waals surface area contributed by atoms with Gasteiger partial charge in [-0.25, -0.2) is 0 Å². The van der Waals surface area contributed by atoms with E-state index in [-0.39, 0.29) is 11.8 Å². The molecule has 1 atom stereocenters. The first kappa shape index (κ1) is 8.94. The fourth-order valence-electron chi connectivity index (χ4n) is 1.00. The molecule has 2 N–H and O–H groups in total. The molecule has 12 heavy (non-hydrogen) atoms. The van der Waals surface area contributed by atoms with Crippen molar-refractivity contribution in [1.82, 2.24) is 0 Å². The molecule has 0 spiro atoms. The number of rotatable bonds is 3. The van der Waals surface area contributed by atoms with Gasteiger partial charge >= 0.3 is 0 Å². The molecule has 0 saturated carbocycles. The number of ketones is 1. The summed E-state index contributed by atoms with van der Waals surface area (Å²) in [4.78, 5) is 11.5. The van der Waals surface area contributed by atoms with Crippen LogP contribution in [0.5, 0.6) is 0 Å². The number of carbonyl (C=O) groups excluding carboxylic acids is 1. The summed E-state index contributed by atoms with van der Waals surface area (Å²) < 4.78 is 0. The summed E-state index contributed by atoms with van der Waals surface area (Å²) in [6, 6.07) is 8.79. The minimum Gasteiger partial charge on any atom is -0.321 e. The minimum atomic E-state index is -0.354. The van der Waals surface area contributed by atoms with Crippen LogP contribution in [-0.2, 0) is 0 Å². The SMILES string of the molecule is CCC(N)C(=O)c1ccccc1. The molecule has 0 bridgehead atoms. The van der Waals surface area contributed by atoms with Gasteiger partial charge in [0.15, 0.2) is 5.78 Å². The molecule has 0 heterocycles. The van der Waals surface area contributed by atoms with Crippen LogP contribution in [0.3, 0.4) is 0 Å². The molecule has 0 aromatic heterocycles. The highest BCUT2D eigenvalue weighted by Crippen LogP contribution is 2.03. The zero-order valence-corrected chi connectivity index (χ0v) is 7.16. The van der Waals surface area contributed by atoms with Gasteiger partial charge in [-0.05, 0) is 6.42 Å². The van der Waals surface area contributed by atoms with E-state index in [9.17, 15) is 4.79 Å². The first-order chi connectivity index (χ1) is 5.75. The molecule has 0 aliphatic carbocycles. The average Bonchev–Trinajstić information content (AvgIpc) is 2.17. The number of hydrogen-bond acceptors (Lipinski definition) is 2. The van der Waals surface area contributed by atoms with Gasteiger partial charge in [-0.1, -0.05) is 37.3 Å². The van der Waals surface area contributed by atoms with E-state index in [2.05, 4.69) is 0 Å². The van der Waals surface area contributed by atoms with Crippen LogP contribution in [0.15, 0.2) is 30.3 Å². The van der Waals surface area contributed by atoms with Crippen LogP contribution < -0.4 is 5.73 Å². The molecular weight excluding hydrogens is 150 g/mol. The normalized spacial score (nSPS) is 12.5. The van der Waals surface area contributed by atoms with E-state index in [1.165, 1.54) is 0 Å². The Morgan fingerprint density at radius 2 is 2.00 bits per heavy atom. The quantitative estimate of drug-likeness (QED) is 0.688. The molecule has 2 heteroatoms. The second-order valence-corrected chi connectivity index (χ2v) is 2.75. The maximum atomic E-state index is 11.5. The highest BCUT2D eigenvalue weighted by molar-refractivity contribution is 5.99. The van der Waals surface area contributed by atoms with E-state index in [0.29, 0.717) is 12.0 Å². The fraction of sp³-hybridized carbons (Fsp3) is 0.300. The molecule has 1 aromatic carbocycles. The molecular formula is C10H13NO. The standard InChI is InChI=1S/C10H13NO/c1-2-9(11)10(12)8-6-4-3-5-7-8/h3-7,9H,2,11H2,1H3. The van der Waals surface area contributed by atoms with E-state index >= 15 is 0 Å². The Kier molecular flexibility index (Phi) is 3.00. The Labute approximate surface area is 72.4 Å². The monoisotopic (exact) mass is 163 g/mol. The van der Waals surface area contributed by atoms with Gasteiger partial charge in [-0.2, -0.15) is 0 Å². The molecule has 2 nitrogen and oxygen atoms in total. The van der Waals surface area contributed by atoms with Crippen molar-refractivity contribution in [1.29, 1.82) is 0 Å². The van der Waals surface area contributed by atoms with Crippen LogP contribution in [0.2, 0.25) is 0 Å². The second-order valence-electron chi connectivity index (χ2n) is 2.75. The molecule has 0 fully saturated rings. The lowest BCUT2D eigenvalue weighted by Gasteiger charge is -2.06. The third-order valence-electron chi connectivity index (χ3n) is 1.83. The van der Waals surface area contributed by atoms with Crippen molar-refractivity contribution >= 4 is 5.78 Å². The van der Waals surface area contributed by atoms with Crippen LogP contribution in [0.4, 0.5) is 0 Å². The molecule has 0 aliphatic heterocycles. The van der Waals surface area contributed by atoms with Crippen LogP contribution >= 0.6 is 0 Å². The molecule has 0 saturated heterocycles. The van der Waals surface area contributed by atoms with Crippen molar-refractivity contribution in [2.24, 2.45) is 5.73 Å². The Bertz CT molecular complexity index is 256. The van der Waals surface area contributed by atoms with Gasteiger partial charge < -0.3 is 5.73 Å². The Balaban J connectivity index is 2.79. The lowest BCUT2D eigenvalue weighted by Crippen LogP contribution is -2.29. The number of Topliss-reactive ketones (excluding diaryl/α,β-unsaturated/α-hetero) is 1. The Hall–Kier alpha value is -1.15. The number of benzene rings is 1. The molecule has 0 aliphatic rings. The van der Waals surface area contributed by atoms with E-state index in [1.807, 2.05) is 25.1 Å². The Morgan fingerprint density at radius 1 is 1.42 bits per heavy atom. The van der Waals surface area contributed by atoms with Gasteiger partial charge in [0.05, 0.1) is 6.04 Å². The van der Waals surface area contributed by atoms with Crippen molar-refractivity contribution in [3.05, 3.63) is 35.9 Å². The molecule has 1 aromatic rings. The van der Waals surface area contributed by atoms with Crippen LogP contribution in [0, 0.1) is 0 Å². The summed E-state index contributed by atoms with van der Waals surface area (Å²) in [5, 5.41) is 0. The van der Waals surface area contributed by atoms with Gasteiger partial charge in [-0.3, -0.25) is 4.79 Å². The lowest BCUT2D eigenvalue weighted by molar-refractivity contribution is 0.0959. The maximum Gasteiger partial charge on any atom is 0.179 e. The van der Waals surface area contributed by atoms with Gasteiger partial charge in [0.25, 0.3) is 0 Å². The Morgan fingerprint density at radius 3 is 2.50 bits per heavy atom. The van der Waals surface area contributed by atoms with E-state index in [1.54, 1.807) is 12.1 Å². The number of carbonyl (C=O) groups is 1. The van der Waals surface area contributed by atoms with Gasteiger partial charge in [0.1, 0.15) is 0 Å². The summed E-state index contributed by atoms with van der Waals surface area (Å²) in [6.45, 7) is 1.91. The fourth-order valence-corrected chi connectivity index (χ4v) is 1.00. The van der Waals surface area contributed by atoms with Gasteiger partial charge in [0, 0.05) is 5.56 Å². The summed E-state index contributed by atoms with van der Waals surface area (Å²) in [7, 11) is 0. The van der Waals surface area contributed by atoms with Crippen molar-refractivity contribution in [2.75, 3.05) is 0 Å². The van der Waals surface area contributed by atoms with Crippen LogP contribution in [0.25, 0.3) is 0 Å². The first-order valence-electron chi connectivity index (χ1n) is 4.10. The van der Waals surface area contributed by atoms with Crippen molar-refractivity contribution < 1.29 is 4.79 Å². The number of nitrogens with two attached hydrogens (primary N) is 1. The smallest absolute Gasteiger partial charge is 0.179 e. The van der Waals surface area contributed by atoms with Crippen LogP contribution in [0.1, 0.15) is 23.7 Å². The van der Waals surface area contributed by atoms with Crippen molar-refractivity contribution in [2.45, 2.75) is 19.4 Å². The van der Waals surface area contributed by atoms with E-state index < -0.39 is 0 Å². The lowest BCUT2D eigenvalue weighted by atomic mass is 10.0. The molecule has 0 amide bonds. The topological polar surface area (TPSA) is 43.1 Å². The molecule has 64 valence electrons. The highest BCUT2D eigenvalue weighted by atomic mass is 16.1. The van der Waals surface area contributed by atoms with Crippen LogP contribution in [-0.4, -0.2) is 11.8 Å². The molecule has 1 unspecified atom stereocenters. The predicted octanol–water partition coefficient (Wildman–Crippen LogP) is 1.61. The van der Waals surface area contributed by atoms with E-state index in [4.69, 9.17) is 5.73 Å². The van der Waals surface area contributed by atoms with Gasteiger partial charge in [-0.15, -0.1) is 0 Å². The first-order valence-corrected chi connectivity index (χ1v) is 4.10. The summed E-state index contributed by atoms with van der Waals surface area (Å²) in [5.74, 6) is 0.0260. The largest absolute Gasteiger partial charge is 0.321 e. The third-order valence-corrected chi connectivity index (χ3v) is 1.83. The molecule has 0 radical (unpaired) electrons. The van der Waals surface area contributed by atoms with Gasteiger partial charge in [0.2, 0.25) is 0 Å². The van der Waals surface area contributed by atoms with E-state index in [0.717, 1.165) is 0 Å². The number of hydrogen-bond donors (Lipinski definition) is 1.